The van der Waals surface area contributed by atoms with Gasteiger partial charge in [-0.1, -0.05) is 13.8 Å². The van der Waals surface area contributed by atoms with Gasteiger partial charge in [-0.05, 0) is 44.7 Å². The van der Waals surface area contributed by atoms with Crippen LogP contribution in [0.3, 0.4) is 0 Å². The topological polar surface area (TPSA) is 109 Å². The van der Waals surface area contributed by atoms with Gasteiger partial charge >= 0.3 is 165 Å². The number of amides is 2. The first-order chi connectivity index (χ1) is 19.4. The SMILES string of the molecule is CCC(F)(CC)CN1CCC(COc2ccc(-c3ccc(C(=O)N4CC(O)C[C@@]4(C)[I-]C(N)=O)c(F)c3)nc2)CC1. The number of rotatable bonds is 11. The molecule has 0 bridgehead atoms. The summed E-state index contributed by atoms with van der Waals surface area (Å²) in [7, 11) is 0. The zero-order valence-electron chi connectivity index (χ0n) is 23.9. The van der Waals surface area contributed by atoms with Crippen LogP contribution in [0.25, 0.3) is 11.3 Å². The molecule has 0 spiro atoms. The van der Waals surface area contributed by atoms with Crippen molar-refractivity contribution in [3.8, 4) is 17.0 Å². The number of aliphatic hydroxyl groups is 1. The Labute approximate surface area is 250 Å². The Morgan fingerprint density at radius 3 is 2.51 bits per heavy atom. The Morgan fingerprint density at radius 2 is 1.93 bits per heavy atom. The van der Waals surface area contributed by atoms with E-state index >= 15 is 4.39 Å². The number of piperidine rings is 1. The van der Waals surface area contributed by atoms with Gasteiger partial charge in [0, 0.05) is 6.54 Å². The molecule has 11 heteroatoms. The van der Waals surface area contributed by atoms with Crippen LogP contribution in [0.1, 0.15) is 63.2 Å². The molecule has 2 atom stereocenters. The van der Waals surface area contributed by atoms with Gasteiger partial charge in [0.15, 0.2) is 0 Å². The van der Waals surface area contributed by atoms with Crippen molar-refractivity contribution in [3.05, 3.63) is 47.9 Å². The van der Waals surface area contributed by atoms with Crippen LogP contribution >= 0.6 is 0 Å². The van der Waals surface area contributed by atoms with Crippen LogP contribution < -0.4 is 31.7 Å². The summed E-state index contributed by atoms with van der Waals surface area (Å²) in [6, 6.07) is 7.84. The van der Waals surface area contributed by atoms with Gasteiger partial charge in [0.2, 0.25) is 0 Å². The van der Waals surface area contributed by atoms with Gasteiger partial charge in [0.25, 0.3) is 0 Å². The van der Waals surface area contributed by atoms with E-state index in [-0.39, 0.29) is 18.5 Å². The largest absolute Gasteiger partial charge is 0.0343 e. The summed E-state index contributed by atoms with van der Waals surface area (Å²) < 4.78 is 34.5. The molecule has 8 nitrogen and oxygen atoms in total. The van der Waals surface area contributed by atoms with Crippen molar-refractivity contribution >= 4 is 9.82 Å². The second-order valence-electron chi connectivity index (χ2n) is 11.3. The van der Waals surface area contributed by atoms with E-state index in [1.807, 2.05) is 13.8 Å². The summed E-state index contributed by atoms with van der Waals surface area (Å²) in [5.74, 6) is -0.264. The molecular formula is C30H40F2IN4O4-. The number of halogens is 3. The third-order valence-electron chi connectivity index (χ3n) is 8.30. The van der Waals surface area contributed by atoms with E-state index < -0.39 is 52.2 Å². The Bertz CT molecular complexity index is 1220. The quantitative estimate of drug-likeness (QED) is 0.161. The fourth-order valence-electron chi connectivity index (χ4n) is 5.62. The summed E-state index contributed by atoms with van der Waals surface area (Å²) in [4.78, 5) is 32.8. The maximum atomic E-state index is 15.1. The van der Waals surface area contributed by atoms with E-state index in [9.17, 15) is 19.1 Å². The zero-order chi connectivity index (χ0) is 29.8. The summed E-state index contributed by atoms with van der Waals surface area (Å²) >= 11 is -1.26. The number of hydrogen-bond donors (Lipinski definition) is 2. The Hall–Kier alpha value is -2.38. The normalized spacial score (nSPS) is 22.3. The average Bonchev–Trinajstić information content (AvgIpc) is 3.25. The number of likely N-dealkylation sites (tertiary alicyclic amines) is 2. The molecule has 2 aromatic rings. The van der Waals surface area contributed by atoms with Gasteiger partial charge in [-0.2, -0.15) is 0 Å². The van der Waals surface area contributed by atoms with Crippen molar-refractivity contribution < 1.29 is 49.4 Å². The van der Waals surface area contributed by atoms with Crippen molar-refractivity contribution in [2.24, 2.45) is 11.7 Å². The molecule has 2 amide bonds. The molecule has 0 saturated carbocycles. The molecule has 4 rings (SSSR count). The minimum atomic E-state index is -1.26. The molecule has 226 valence electrons. The van der Waals surface area contributed by atoms with Gasteiger partial charge < -0.3 is 4.90 Å². The second-order valence-corrected chi connectivity index (χ2v) is 15.2. The molecule has 1 aromatic heterocycles. The van der Waals surface area contributed by atoms with Gasteiger partial charge in [-0.25, -0.2) is 4.39 Å². The van der Waals surface area contributed by atoms with Crippen LogP contribution in [0, 0.1) is 11.7 Å². The maximum Gasteiger partial charge on any atom is -0.00135 e. The first kappa shape index (κ1) is 31.6. The first-order valence-corrected chi connectivity index (χ1v) is 16.4. The van der Waals surface area contributed by atoms with Crippen LogP contribution in [0.4, 0.5) is 13.6 Å². The number of alkyl halides is 2. The number of hydrogen-bond acceptors (Lipinski definition) is 6. The number of ether oxygens (including phenoxy) is 1. The Morgan fingerprint density at radius 1 is 1.22 bits per heavy atom. The minimum absolute atomic E-state index is 0.0295. The fraction of sp³-hybridized carbons (Fsp3) is 0.567. The first-order valence-electron chi connectivity index (χ1n) is 14.2. The summed E-state index contributed by atoms with van der Waals surface area (Å²) in [6.45, 7) is 8.35. The van der Waals surface area contributed by atoms with E-state index in [1.54, 1.807) is 31.3 Å². The van der Waals surface area contributed by atoms with Crippen molar-refractivity contribution in [3.63, 3.8) is 0 Å². The van der Waals surface area contributed by atoms with Crippen LogP contribution in [0.2, 0.25) is 0 Å². The fourth-order valence-corrected chi connectivity index (χ4v) is 8.20. The number of primary amides is 1. The predicted octanol–water partition coefficient (Wildman–Crippen LogP) is 1.60. The minimum Gasteiger partial charge on any atom is -0.0343 e. The maximum absolute atomic E-state index is 15.1. The van der Waals surface area contributed by atoms with Crippen molar-refractivity contribution in [2.75, 3.05) is 32.8 Å². The van der Waals surface area contributed by atoms with E-state index in [4.69, 9.17) is 10.5 Å². The molecule has 2 aliphatic heterocycles. The number of aliphatic hydroxyl groups excluding tert-OH is 1. The number of benzene rings is 1. The van der Waals surface area contributed by atoms with Crippen LogP contribution in [-0.4, -0.2) is 77.8 Å². The molecule has 1 aromatic carbocycles. The monoisotopic (exact) mass is 685 g/mol. The Kier molecular flexibility index (Phi) is 10.2. The molecule has 0 radical (unpaired) electrons. The Balaban J connectivity index is 1.33. The predicted molar refractivity (Wildman–Crippen MR) is 148 cm³/mol. The van der Waals surface area contributed by atoms with E-state index in [2.05, 4.69) is 9.88 Å². The third-order valence-corrected chi connectivity index (χ3v) is 11.0. The molecule has 3 N–H and O–H groups in total. The molecule has 0 aliphatic carbocycles. The van der Waals surface area contributed by atoms with Crippen molar-refractivity contribution in [2.45, 2.75) is 68.2 Å². The standard InChI is InChI=1S/C30H40F2IN4O4/c1-4-30(32,5-2)19-36-12-10-20(11-13-36)18-41-23-7-9-26(35-16-23)21-6-8-24(25(31)14-21)27(39)37-17-22(38)15-29(37,3)33-28(34)40/h6-9,14,16,20,22,38H,4-5,10-13,15,17-19H2,1-3H3,(H2,34,40)/q-1/t22?,29-/m0/s1. The van der Waals surface area contributed by atoms with Crippen LogP contribution in [-0.2, 0) is 0 Å². The van der Waals surface area contributed by atoms with Gasteiger partial charge in [0.05, 0.1) is 6.61 Å². The van der Waals surface area contributed by atoms with E-state index in [1.165, 1.54) is 17.0 Å². The van der Waals surface area contributed by atoms with E-state index in [0.717, 1.165) is 25.9 Å². The number of nitrogens with zero attached hydrogens (tertiary/aromatic N) is 3. The van der Waals surface area contributed by atoms with Crippen molar-refractivity contribution in [1.29, 1.82) is 0 Å². The second kappa shape index (κ2) is 13.3. The van der Waals surface area contributed by atoms with Gasteiger partial charge in [-0.3, -0.25) is 0 Å². The molecule has 2 aliphatic rings. The smallest absolute Gasteiger partial charge is 0.00135 e. The van der Waals surface area contributed by atoms with E-state index in [0.29, 0.717) is 48.9 Å². The van der Waals surface area contributed by atoms with Crippen LogP contribution in [0.15, 0.2) is 36.5 Å². The summed E-state index contributed by atoms with van der Waals surface area (Å²) in [5.41, 5.74) is 5.21. The zero-order valence-corrected chi connectivity index (χ0v) is 26.1. The molecule has 41 heavy (non-hydrogen) atoms. The average molecular weight is 686 g/mol. The molecule has 3 heterocycles. The summed E-state index contributed by atoms with van der Waals surface area (Å²) in [6.07, 6.45) is 4.04. The summed E-state index contributed by atoms with van der Waals surface area (Å²) in [5, 5.41) is 10.2. The van der Waals surface area contributed by atoms with Crippen molar-refractivity contribution in [1.82, 2.24) is 14.8 Å². The molecular weight excluding hydrogens is 645 g/mol. The number of aromatic nitrogens is 1. The molecule has 2 saturated heterocycles. The van der Waals surface area contributed by atoms with Gasteiger partial charge in [0.1, 0.15) is 5.67 Å². The third kappa shape index (κ3) is 7.72. The number of carbonyl (C=O) groups is 2. The number of pyridine rings is 1. The molecule has 1 unspecified atom stereocenters. The van der Waals surface area contributed by atoms with Crippen LogP contribution in [0.5, 0.6) is 5.75 Å². The number of β-amino-alcohol motifs (C(OH)–C–C–N with tert-alkyl or cyclic N) is 1. The number of nitrogens with two attached hydrogens (primary N) is 1. The molecule has 2 fully saturated rings. The van der Waals surface area contributed by atoms with Gasteiger partial charge in [-0.15, -0.1) is 0 Å². The number of carbonyl (C=O) groups excluding carboxylic acids is 2.